The molecule has 0 radical (unpaired) electrons. The third kappa shape index (κ3) is 69.3. The summed E-state index contributed by atoms with van der Waals surface area (Å²) in [7, 11) is 5.98. The van der Waals surface area contributed by atoms with Crippen molar-refractivity contribution in [1.29, 1.82) is 0 Å². The quantitative estimate of drug-likeness (QED) is 0.0211. The van der Waals surface area contributed by atoms with E-state index in [9.17, 15) is 19.5 Å². The fraction of sp³-hybridized carbons (Fsp3) is 0.731. The first-order chi connectivity index (χ1) is 42.6. The van der Waals surface area contributed by atoms with E-state index in [1.807, 2.05) is 21.1 Å². The van der Waals surface area contributed by atoms with Gasteiger partial charge in [-0.3, -0.25) is 9.59 Å². The van der Waals surface area contributed by atoms with E-state index in [4.69, 9.17) is 18.9 Å². The van der Waals surface area contributed by atoms with Crippen molar-refractivity contribution in [3.05, 3.63) is 109 Å². The van der Waals surface area contributed by atoms with Crippen LogP contribution in [0.15, 0.2) is 109 Å². The van der Waals surface area contributed by atoms with Crippen LogP contribution in [0.25, 0.3) is 0 Å². The zero-order valence-corrected chi connectivity index (χ0v) is 57.2. The molecule has 0 aliphatic carbocycles. The molecule has 0 rings (SSSR count). The number of carbonyl (C=O) groups is 3. The summed E-state index contributed by atoms with van der Waals surface area (Å²) >= 11 is 0. The molecule has 87 heavy (non-hydrogen) atoms. The molecule has 0 heterocycles. The molecule has 500 valence electrons. The second-order valence-electron chi connectivity index (χ2n) is 25.1. The average Bonchev–Trinajstić information content (AvgIpc) is 3.59. The predicted octanol–water partition coefficient (Wildman–Crippen LogP) is 22.6. The van der Waals surface area contributed by atoms with Crippen LogP contribution in [0.3, 0.4) is 0 Å². The van der Waals surface area contributed by atoms with Gasteiger partial charge in [0.1, 0.15) is 13.2 Å². The van der Waals surface area contributed by atoms with E-state index in [0.717, 1.165) is 109 Å². The Balaban J connectivity index is 3.99. The maximum atomic E-state index is 12.9. The monoisotopic (exact) mass is 1220 g/mol. The summed E-state index contributed by atoms with van der Waals surface area (Å²) in [5, 5.41) is 9.74. The number of carboxylic acids is 1. The summed E-state index contributed by atoms with van der Waals surface area (Å²) in [5.74, 6) is -2.01. The van der Waals surface area contributed by atoms with Crippen molar-refractivity contribution in [3.8, 4) is 0 Å². The average molecular weight is 1220 g/mol. The molecule has 0 aromatic heterocycles. The Bertz CT molecular complexity index is 1800. The van der Waals surface area contributed by atoms with Gasteiger partial charge in [-0.25, -0.2) is 4.79 Å². The molecule has 0 aliphatic rings. The lowest BCUT2D eigenvalue weighted by Gasteiger charge is -2.25. The second-order valence-corrected chi connectivity index (χ2v) is 25.1. The van der Waals surface area contributed by atoms with Gasteiger partial charge in [0.2, 0.25) is 0 Å². The number of ether oxygens (including phenoxy) is 4. The van der Waals surface area contributed by atoms with Gasteiger partial charge in [0.25, 0.3) is 6.29 Å². The minimum absolute atomic E-state index is 0.184. The Labute approximate surface area is 536 Å². The Morgan fingerprint density at radius 2 is 0.621 bits per heavy atom. The number of allylic oxidation sites excluding steroid dienone is 18. The van der Waals surface area contributed by atoms with Gasteiger partial charge in [0, 0.05) is 12.8 Å². The molecular weight excluding hydrogens is 1080 g/mol. The maximum Gasteiger partial charge on any atom is 0.361 e. The van der Waals surface area contributed by atoms with Crippen LogP contribution in [0.1, 0.15) is 309 Å². The Hall–Kier alpha value is -4.05. The largest absolute Gasteiger partial charge is 0.477 e. The Kier molecular flexibility index (Phi) is 64.7. The molecule has 1 N–H and O–H groups in total. The molecular formula is C78H136NO8+. The highest BCUT2D eigenvalue weighted by molar-refractivity contribution is 5.71. The van der Waals surface area contributed by atoms with Crippen LogP contribution in [0.2, 0.25) is 0 Å². The zero-order valence-electron chi connectivity index (χ0n) is 57.2. The highest BCUT2D eigenvalue weighted by Crippen LogP contribution is 2.18. The molecule has 0 aromatic carbocycles. The first-order valence-electron chi connectivity index (χ1n) is 36.1. The third-order valence-corrected chi connectivity index (χ3v) is 15.5. The van der Waals surface area contributed by atoms with Crippen molar-refractivity contribution < 1.29 is 42.9 Å². The number of rotatable bonds is 66. The number of unbranched alkanes of at least 4 members (excludes halogenated alkanes) is 33. The molecule has 9 heteroatoms. The van der Waals surface area contributed by atoms with E-state index in [0.29, 0.717) is 17.4 Å². The number of nitrogens with zero attached hydrogens (tertiary/aromatic N) is 1. The van der Waals surface area contributed by atoms with Crippen molar-refractivity contribution in [2.45, 2.75) is 322 Å². The number of hydrogen-bond acceptors (Lipinski definition) is 7. The predicted molar refractivity (Wildman–Crippen MR) is 373 cm³/mol. The molecule has 2 atom stereocenters. The lowest BCUT2D eigenvalue weighted by atomic mass is 10.0. The number of hydrogen-bond donors (Lipinski definition) is 1. The molecule has 9 nitrogen and oxygen atoms in total. The molecule has 0 saturated carbocycles. The van der Waals surface area contributed by atoms with Crippen molar-refractivity contribution >= 4 is 17.9 Å². The standard InChI is InChI=1S/C78H135NO8/c1-6-8-10-12-14-16-18-20-22-24-26-28-29-30-31-32-33-34-35-36-37-38-39-40-41-42-43-44-45-46-47-49-51-53-55-57-59-61-63-65-67-69-76(81)87-74(73-86-78(77(82)83)84-71-70-79(3,4)5)72-85-75(80)68-66-64-62-60-58-56-54-52-50-48-27-25-23-21-19-17-15-13-11-9-7-2/h8-11,14-17,20-23,26-28,30-31,48,74,78H,6-7,12-13,18-19,24-25,29,32-47,49-73H2,1-5H3/p+1/b10-8-,11-9-,16-14-,17-15-,22-20-,23-21-,28-26-,31-30-,48-27-. The second kappa shape index (κ2) is 67.9. The Morgan fingerprint density at radius 3 is 0.920 bits per heavy atom. The third-order valence-electron chi connectivity index (χ3n) is 15.5. The van der Waals surface area contributed by atoms with Crippen molar-refractivity contribution in [2.75, 3.05) is 47.5 Å². The number of quaternary nitrogens is 1. The van der Waals surface area contributed by atoms with E-state index in [2.05, 4.69) is 123 Å². The molecule has 0 aromatic rings. The minimum atomic E-state index is -1.52. The van der Waals surface area contributed by atoms with Gasteiger partial charge in [0.15, 0.2) is 6.10 Å². The summed E-state index contributed by atoms with van der Waals surface area (Å²) in [4.78, 5) is 37.6. The summed E-state index contributed by atoms with van der Waals surface area (Å²) in [5.41, 5.74) is 0. The van der Waals surface area contributed by atoms with Crippen LogP contribution in [0.5, 0.6) is 0 Å². The van der Waals surface area contributed by atoms with E-state index in [-0.39, 0.29) is 32.2 Å². The molecule has 0 aliphatic heterocycles. The summed E-state index contributed by atoms with van der Waals surface area (Å²) in [6.45, 7) is 4.67. The van der Waals surface area contributed by atoms with Gasteiger partial charge in [-0.1, -0.05) is 309 Å². The Morgan fingerprint density at radius 1 is 0.345 bits per heavy atom. The van der Waals surface area contributed by atoms with Gasteiger partial charge in [-0.05, 0) is 96.3 Å². The summed E-state index contributed by atoms with van der Waals surface area (Å²) < 4.78 is 23.0. The van der Waals surface area contributed by atoms with Gasteiger partial charge < -0.3 is 28.5 Å². The van der Waals surface area contributed by atoms with E-state index >= 15 is 0 Å². The van der Waals surface area contributed by atoms with E-state index < -0.39 is 24.3 Å². The smallest absolute Gasteiger partial charge is 0.361 e. The van der Waals surface area contributed by atoms with Crippen LogP contribution in [0, 0.1) is 0 Å². The molecule has 0 bridgehead atoms. The van der Waals surface area contributed by atoms with Crippen molar-refractivity contribution in [1.82, 2.24) is 0 Å². The summed E-state index contributed by atoms with van der Waals surface area (Å²) in [6.07, 6.45) is 92.2. The van der Waals surface area contributed by atoms with Crippen LogP contribution in [-0.4, -0.2) is 87.4 Å². The number of esters is 2. The van der Waals surface area contributed by atoms with Crippen molar-refractivity contribution in [3.63, 3.8) is 0 Å². The molecule has 0 fully saturated rings. The molecule has 0 amide bonds. The number of likely N-dealkylation sites (N-methyl/N-ethyl adjacent to an activating group) is 1. The fourth-order valence-electron chi connectivity index (χ4n) is 10.1. The number of carbonyl (C=O) groups excluding carboxylic acids is 2. The van der Waals surface area contributed by atoms with Gasteiger partial charge >= 0.3 is 17.9 Å². The summed E-state index contributed by atoms with van der Waals surface area (Å²) in [6, 6.07) is 0. The van der Waals surface area contributed by atoms with E-state index in [1.54, 1.807) is 0 Å². The molecule has 0 saturated heterocycles. The lowest BCUT2D eigenvalue weighted by Crippen LogP contribution is -2.40. The minimum Gasteiger partial charge on any atom is -0.477 e. The van der Waals surface area contributed by atoms with Crippen LogP contribution >= 0.6 is 0 Å². The first kappa shape index (κ1) is 83.0. The highest BCUT2D eigenvalue weighted by Gasteiger charge is 2.25. The van der Waals surface area contributed by atoms with Crippen molar-refractivity contribution in [2.24, 2.45) is 0 Å². The lowest BCUT2D eigenvalue weighted by molar-refractivity contribution is -0.870. The maximum absolute atomic E-state index is 12.9. The van der Waals surface area contributed by atoms with Crippen LogP contribution in [0.4, 0.5) is 0 Å². The van der Waals surface area contributed by atoms with Gasteiger partial charge in [-0.15, -0.1) is 0 Å². The fourth-order valence-corrected chi connectivity index (χ4v) is 10.1. The molecule has 0 spiro atoms. The topological polar surface area (TPSA) is 108 Å². The SMILES string of the molecule is CC/C=C\C/C=C\C/C=C\C/C=C\C/C=C\CCCCCCCCCCCCCCCCCCCCCCCCCCCC(=O)OC(COC(=O)CCCCCCCCCC/C=C\C/C=C\C/C=C\C/C=C\CC)COC(OCC[N+](C)(C)C)C(=O)O. The van der Waals surface area contributed by atoms with Crippen LogP contribution in [-0.2, 0) is 33.3 Å². The zero-order chi connectivity index (χ0) is 63.3. The van der Waals surface area contributed by atoms with Gasteiger partial charge in [-0.2, -0.15) is 0 Å². The normalized spacial score (nSPS) is 13.3. The van der Waals surface area contributed by atoms with E-state index in [1.165, 1.54) is 173 Å². The first-order valence-corrected chi connectivity index (χ1v) is 36.1. The van der Waals surface area contributed by atoms with Crippen LogP contribution < -0.4 is 0 Å². The highest BCUT2D eigenvalue weighted by atomic mass is 16.7. The number of carboxylic acid groups (broad SMARTS) is 1. The van der Waals surface area contributed by atoms with Gasteiger partial charge in [0.05, 0.1) is 34.4 Å². The molecule has 2 unspecified atom stereocenters. The number of aliphatic carboxylic acids is 1.